The molecule has 0 spiro atoms. The van der Waals surface area contributed by atoms with Crippen molar-refractivity contribution in [2.45, 2.75) is 19.4 Å². The minimum atomic E-state index is 0.233. The van der Waals surface area contributed by atoms with Gasteiger partial charge in [-0.05, 0) is 41.8 Å². The molecule has 2 aromatic rings. The highest BCUT2D eigenvalue weighted by Gasteiger charge is 2.05. The summed E-state index contributed by atoms with van der Waals surface area (Å²) in [5.74, 6) is 0. The van der Waals surface area contributed by atoms with E-state index in [1.54, 1.807) is 11.3 Å². The summed E-state index contributed by atoms with van der Waals surface area (Å²) in [6.45, 7) is 2.04. The van der Waals surface area contributed by atoms with Crippen molar-refractivity contribution in [2.75, 3.05) is 0 Å². The average molecular weight is 270 g/mol. The highest BCUT2D eigenvalue weighted by atomic mass is 79.9. The minimum absolute atomic E-state index is 0.233. The Morgan fingerprint density at radius 1 is 1.50 bits per heavy atom. The van der Waals surface area contributed by atoms with Crippen LogP contribution >= 0.6 is 27.3 Å². The van der Waals surface area contributed by atoms with Crippen molar-refractivity contribution in [2.24, 2.45) is 5.73 Å². The maximum Gasteiger partial charge on any atom is 0.0356 e. The summed E-state index contributed by atoms with van der Waals surface area (Å²) in [5, 5.41) is 3.55. The Balaban J connectivity index is 2.47. The SMILES string of the molecule is CC(N)Cc1csc2cc(Br)ccc12. The molecule has 0 amide bonds. The van der Waals surface area contributed by atoms with Gasteiger partial charge in [0.25, 0.3) is 0 Å². The maximum absolute atomic E-state index is 5.80. The van der Waals surface area contributed by atoms with Gasteiger partial charge in [0.2, 0.25) is 0 Å². The van der Waals surface area contributed by atoms with Crippen LogP contribution in [0.3, 0.4) is 0 Å². The Bertz CT molecular complexity index is 447. The molecule has 0 saturated carbocycles. The number of thiophene rings is 1. The van der Waals surface area contributed by atoms with E-state index in [1.165, 1.54) is 15.6 Å². The quantitative estimate of drug-likeness (QED) is 0.887. The molecule has 1 atom stereocenters. The van der Waals surface area contributed by atoms with Crippen molar-refractivity contribution >= 4 is 37.4 Å². The zero-order chi connectivity index (χ0) is 10.1. The second kappa shape index (κ2) is 4.01. The van der Waals surface area contributed by atoms with Crippen LogP contribution in [0.15, 0.2) is 28.1 Å². The standard InChI is InChI=1S/C11H12BrNS/c1-7(13)4-8-6-14-11-5-9(12)2-3-10(8)11/h2-3,5-7H,4,13H2,1H3. The fourth-order valence-corrected chi connectivity index (χ4v) is 3.09. The molecule has 0 bridgehead atoms. The van der Waals surface area contributed by atoms with Crippen LogP contribution in [-0.2, 0) is 6.42 Å². The summed E-state index contributed by atoms with van der Waals surface area (Å²) in [5.41, 5.74) is 7.17. The lowest BCUT2D eigenvalue weighted by Crippen LogP contribution is -2.17. The van der Waals surface area contributed by atoms with Gasteiger partial charge in [0.1, 0.15) is 0 Å². The third-order valence-corrected chi connectivity index (χ3v) is 3.65. The van der Waals surface area contributed by atoms with Crippen molar-refractivity contribution in [3.05, 3.63) is 33.6 Å². The molecule has 0 aliphatic rings. The van der Waals surface area contributed by atoms with Gasteiger partial charge in [-0.15, -0.1) is 11.3 Å². The van der Waals surface area contributed by atoms with E-state index in [0.717, 1.165) is 10.9 Å². The van der Waals surface area contributed by atoms with Crippen LogP contribution in [0.5, 0.6) is 0 Å². The van der Waals surface area contributed by atoms with Gasteiger partial charge in [0, 0.05) is 15.2 Å². The summed E-state index contributed by atoms with van der Waals surface area (Å²) in [7, 11) is 0. The van der Waals surface area contributed by atoms with Crippen LogP contribution in [-0.4, -0.2) is 6.04 Å². The predicted molar refractivity (Wildman–Crippen MR) is 66.9 cm³/mol. The molecule has 1 aromatic heterocycles. The lowest BCUT2D eigenvalue weighted by Gasteiger charge is -2.03. The molecule has 14 heavy (non-hydrogen) atoms. The Kier molecular flexibility index (Phi) is 2.91. The molecule has 1 unspecified atom stereocenters. The van der Waals surface area contributed by atoms with Gasteiger partial charge in [-0.1, -0.05) is 22.0 Å². The molecule has 0 saturated heterocycles. The van der Waals surface area contributed by atoms with Crippen LogP contribution in [0.2, 0.25) is 0 Å². The highest BCUT2D eigenvalue weighted by Crippen LogP contribution is 2.29. The fourth-order valence-electron chi connectivity index (χ4n) is 1.56. The summed E-state index contributed by atoms with van der Waals surface area (Å²) < 4.78 is 2.47. The van der Waals surface area contributed by atoms with Crippen LogP contribution < -0.4 is 5.73 Å². The molecule has 2 rings (SSSR count). The number of rotatable bonds is 2. The zero-order valence-corrected chi connectivity index (χ0v) is 10.4. The molecule has 1 heterocycles. The molecule has 74 valence electrons. The summed E-state index contributed by atoms with van der Waals surface area (Å²) in [4.78, 5) is 0. The van der Waals surface area contributed by atoms with E-state index in [-0.39, 0.29) is 6.04 Å². The highest BCUT2D eigenvalue weighted by molar-refractivity contribution is 9.10. The Morgan fingerprint density at radius 3 is 3.00 bits per heavy atom. The summed E-state index contributed by atoms with van der Waals surface area (Å²) in [6.07, 6.45) is 0.960. The first-order valence-electron chi connectivity index (χ1n) is 4.58. The Hall–Kier alpha value is -0.380. The maximum atomic E-state index is 5.80. The molecule has 1 aromatic carbocycles. The van der Waals surface area contributed by atoms with Crippen LogP contribution in [0.4, 0.5) is 0 Å². The van der Waals surface area contributed by atoms with E-state index in [9.17, 15) is 0 Å². The molecule has 0 aliphatic carbocycles. The predicted octanol–water partition coefficient (Wildman–Crippen LogP) is 3.55. The minimum Gasteiger partial charge on any atom is -0.328 e. The molecule has 2 N–H and O–H groups in total. The van der Waals surface area contributed by atoms with Gasteiger partial charge in [0.15, 0.2) is 0 Å². The number of fused-ring (bicyclic) bond motifs is 1. The third kappa shape index (κ3) is 2.00. The normalized spacial score (nSPS) is 13.4. The first-order valence-corrected chi connectivity index (χ1v) is 6.25. The topological polar surface area (TPSA) is 26.0 Å². The number of nitrogens with two attached hydrogens (primary N) is 1. The molecular weight excluding hydrogens is 258 g/mol. The average Bonchev–Trinajstić information content (AvgIpc) is 2.47. The monoisotopic (exact) mass is 269 g/mol. The largest absolute Gasteiger partial charge is 0.328 e. The number of hydrogen-bond acceptors (Lipinski definition) is 2. The Morgan fingerprint density at radius 2 is 2.29 bits per heavy atom. The molecule has 3 heteroatoms. The molecule has 0 radical (unpaired) electrons. The number of benzene rings is 1. The fraction of sp³-hybridized carbons (Fsp3) is 0.273. The van der Waals surface area contributed by atoms with Gasteiger partial charge in [-0.2, -0.15) is 0 Å². The van der Waals surface area contributed by atoms with Gasteiger partial charge in [0.05, 0.1) is 0 Å². The molecule has 0 aliphatic heterocycles. The second-order valence-electron chi connectivity index (χ2n) is 3.58. The smallest absolute Gasteiger partial charge is 0.0356 e. The van der Waals surface area contributed by atoms with Crippen molar-refractivity contribution in [1.29, 1.82) is 0 Å². The first-order chi connectivity index (χ1) is 6.66. The van der Waals surface area contributed by atoms with Crippen molar-refractivity contribution in [3.63, 3.8) is 0 Å². The third-order valence-electron chi connectivity index (χ3n) is 2.16. The van der Waals surface area contributed by atoms with Crippen LogP contribution in [0.25, 0.3) is 10.1 Å². The lowest BCUT2D eigenvalue weighted by atomic mass is 10.1. The van der Waals surface area contributed by atoms with Gasteiger partial charge < -0.3 is 5.73 Å². The van der Waals surface area contributed by atoms with Crippen LogP contribution in [0, 0.1) is 0 Å². The van der Waals surface area contributed by atoms with E-state index < -0.39 is 0 Å². The van der Waals surface area contributed by atoms with E-state index in [0.29, 0.717) is 0 Å². The first kappa shape index (κ1) is 10.1. The van der Waals surface area contributed by atoms with Crippen LogP contribution in [0.1, 0.15) is 12.5 Å². The van der Waals surface area contributed by atoms with Crippen molar-refractivity contribution < 1.29 is 0 Å². The van der Waals surface area contributed by atoms with E-state index in [4.69, 9.17) is 5.73 Å². The number of halogens is 1. The Labute approximate surface area is 96.1 Å². The van der Waals surface area contributed by atoms with E-state index in [1.807, 2.05) is 6.92 Å². The zero-order valence-electron chi connectivity index (χ0n) is 7.96. The van der Waals surface area contributed by atoms with E-state index >= 15 is 0 Å². The second-order valence-corrected chi connectivity index (χ2v) is 5.41. The van der Waals surface area contributed by atoms with E-state index in [2.05, 4.69) is 39.5 Å². The van der Waals surface area contributed by atoms with Gasteiger partial charge >= 0.3 is 0 Å². The summed E-state index contributed by atoms with van der Waals surface area (Å²) >= 11 is 5.26. The number of hydrogen-bond donors (Lipinski definition) is 1. The molecular formula is C11H12BrNS. The van der Waals surface area contributed by atoms with Crippen molar-refractivity contribution in [3.8, 4) is 0 Å². The molecule has 0 fully saturated rings. The van der Waals surface area contributed by atoms with Gasteiger partial charge in [-0.25, -0.2) is 0 Å². The lowest BCUT2D eigenvalue weighted by molar-refractivity contribution is 0.743. The molecule has 1 nitrogen and oxygen atoms in total. The van der Waals surface area contributed by atoms with Crippen molar-refractivity contribution in [1.82, 2.24) is 0 Å². The van der Waals surface area contributed by atoms with Gasteiger partial charge in [-0.3, -0.25) is 0 Å². The summed E-state index contributed by atoms with van der Waals surface area (Å²) in [6, 6.07) is 6.63.